The Morgan fingerprint density at radius 2 is 2.42 bits per heavy atom. The van der Waals surface area contributed by atoms with Crippen molar-refractivity contribution in [2.75, 3.05) is 0 Å². The van der Waals surface area contributed by atoms with Crippen LogP contribution in [0.15, 0.2) is 24.7 Å². The van der Waals surface area contributed by atoms with Crippen LogP contribution in [0.4, 0.5) is 0 Å². The molecule has 96 valence electrons. The highest BCUT2D eigenvalue weighted by molar-refractivity contribution is 5.89. The Hall–Kier alpha value is -2.37. The minimum atomic E-state index is -0.931. The summed E-state index contributed by atoms with van der Waals surface area (Å²) in [5.41, 5.74) is 2.65. The van der Waals surface area contributed by atoms with Gasteiger partial charge in [0.25, 0.3) is 0 Å². The van der Waals surface area contributed by atoms with Crippen molar-refractivity contribution in [3.8, 4) is 11.3 Å². The second-order valence-corrected chi connectivity index (χ2v) is 5.15. The molecule has 1 N–H and O–H groups in total. The van der Waals surface area contributed by atoms with Crippen LogP contribution in [0.2, 0.25) is 0 Å². The lowest BCUT2D eigenvalue weighted by atomic mass is 10.1. The van der Waals surface area contributed by atoms with Crippen LogP contribution in [0.5, 0.6) is 0 Å². The van der Waals surface area contributed by atoms with E-state index >= 15 is 0 Å². The van der Waals surface area contributed by atoms with Crippen molar-refractivity contribution in [3.63, 3.8) is 0 Å². The number of aromatic nitrogens is 3. The summed E-state index contributed by atoms with van der Waals surface area (Å²) in [6.07, 6.45) is 5.25. The number of hydrogen-bond donors (Lipinski definition) is 1. The smallest absolute Gasteiger partial charge is 0.352 e. The van der Waals surface area contributed by atoms with Gasteiger partial charge in [0.1, 0.15) is 11.4 Å². The molecule has 0 radical (unpaired) electrons. The topological polar surface area (TPSA) is 82.1 Å². The van der Waals surface area contributed by atoms with Gasteiger partial charge in [-0.25, -0.2) is 9.78 Å². The molecule has 4 rings (SSSR count). The molecule has 0 saturated heterocycles. The lowest BCUT2D eigenvalue weighted by molar-refractivity contribution is -0.605. The molecular formula is C13H11N3O3. The summed E-state index contributed by atoms with van der Waals surface area (Å²) in [6.45, 7) is 0.770. The number of carboxylic acids is 1. The molecule has 0 bridgehead atoms. The quantitative estimate of drug-likeness (QED) is 0.642. The molecule has 2 unspecified atom stereocenters. The maximum Gasteiger partial charge on any atom is 0.352 e. The van der Waals surface area contributed by atoms with Crippen molar-refractivity contribution in [1.82, 2.24) is 9.55 Å². The second-order valence-electron chi connectivity index (χ2n) is 5.15. The van der Waals surface area contributed by atoms with E-state index in [0.717, 1.165) is 24.2 Å². The summed E-state index contributed by atoms with van der Waals surface area (Å²) < 4.78 is 2.55. The number of hydrogen-bond acceptors (Lipinski definition) is 3. The average molecular weight is 257 g/mol. The van der Waals surface area contributed by atoms with E-state index in [9.17, 15) is 15.1 Å². The van der Waals surface area contributed by atoms with Crippen LogP contribution in [-0.2, 0) is 6.54 Å². The molecule has 0 aromatic carbocycles. The fraction of sp³-hybridized carbons (Fsp3) is 0.308. The zero-order valence-electron chi connectivity index (χ0n) is 9.98. The lowest BCUT2D eigenvalue weighted by Crippen LogP contribution is -2.24. The van der Waals surface area contributed by atoms with Crippen molar-refractivity contribution in [1.29, 1.82) is 0 Å². The molecule has 19 heavy (non-hydrogen) atoms. The van der Waals surface area contributed by atoms with Gasteiger partial charge in [0.05, 0.1) is 6.20 Å². The van der Waals surface area contributed by atoms with E-state index in [-0.39, 0.29) is 0 Å². The SMILES string of the molecule is O=C(O)c1cc(-c2c[n+]([O-])ccn2)c2n1CC1CC21. The van der Waals surface area contributed by atoms with Gasteiger partial charge < -0.3 is 14.9 Å². The Kier molecular flexibility index (Phi) is 1.86. The largest absolute Gasteiger partial charge is 0.619 e. The van der Waals surface area contributed by atoms with Crippen LogP contribution in [-0.4, -0.2) is 20.6 Å². The minimum Gasteiger partial charge on any atom is -0.619 e. The number of carboxylic acid groups (broad SMARTS) is 1. The van der Waals surface area contributed by atoms with Crippen LogP contribution >= 0.6 is 0 Å². The monoisotopic (exact) mass is 257 g/mol. The van der Waals surface area contributed by atoms with Crippen molar-refractivity contribution in [3.05, 3.63) is 41.3 Å². The summed E-state index contributed by atoms with van der Waals surface area (Å²) in [5.74, 6) is 0.0704. The summed E-state index contributed by atoms with van der Waals surface area (Å²) in [6, 6.07) is 1.63. The van der Waals surface area contributed by atoms with Gasteiger partial charge >= 0.3 is 5.97 Å². The predicted octanol–water partition coefficient (Wildman–Crippen LogP) is 0.999. The maximum atomic E-state index is 11.3. The third kappa shape index (κ3) is 1.39. The van der Waals surface area contributed by atoms with Crippen LogP contribution in [0, 0.1) is 11.1 Å². The number of rotatable bonds is 2. The molecule has 2 aromatic heterocycles. The molecule has 1 fully saturated rings. The Morgan fingerprint density at radius 3 is 3.16 bits per heavy atom. The summed E-state index contributed by atoms with van der Waals surface area (Å²) in [5, 5.41) is 20.6. The van der Waals surface area contributed by atoms with Gasteiger partial charge in [0.2, 0.25) is 6.20 Å². The van der Waals surface area contributed by atoms with E-state index in [1.807, 2.05) is 4.57 Å². The van der Waals surface area contributed by atoms with E-state index in [1.165, 1.54) is 18.6 Å². The highest BCUT2D eigenvalue weighted by atomic mass is 16.5. The summed E-state index contributed by atoms with van der Waals surface area (Å²) in [4.78, 5) is 15.5. The van der Waals surface area contributed by atoms with Gasteiger partial charge in [-0.05, 0) is 18.4 Å². The molecule has 1 aliphatic heterocycles. The average Bonchev–Trinajstić information content (AvgIpc) is 2.87. The van der Waals surface area contributed by atoms with Crippen LogP contribution in [0.25, 0.3) is 11.3 Å². The molecule has 2 atom stereocenters. The first-order valence-electron chi connectivity index (χ1n) is 6.17. The molecule has 6 heteroatoms. The zero-order chi connectivity index (χ0) is 13.1. The van der Waals surface area contributed by atoms with Gasteiger partial charge in [-0.15, -0.1) is 0 Å². The highest BCUT2D eigenvalue weighted by Gasteiger charge is 2.49. The van der Waals surface area contributed by atoms with Gasteiger partial charge in [0.15, 0.2) is 6.20 Å². The number of aromatic carboxylic acids is 1. The highest BCUT2D eigenvalue weighted by Crippen LogP contribution is 2.56. The van der Waals surface area contributed by atoms with Crippen molar-refractivity contribution in [2.24, 2.45) is 5.92 Å². The van der Waals surface area contributed by atoms with Gasteiger partial charge in [-0.3, -0.25) is 0 Å². The van der Waals surface area contributed by atoms with Crippen molar-refractivity contribution >= 4 is 5.97 Å². The lowest BCUT2D eigenvalue weighted by Gasteiger charge is -2.05. The summed E-state index contributed by atoms with van der Waals surface area (Å²) in [7, 11) is 0. The van der Waals surface area contributed by atoms with E-state index in [2.05, 4.69) is 4.98 Å². The first kappa shape index (κ1) is 10.5. The predicted molar refractivity (Wildman–Crippen MR) is 64.4 cm³/mol. The standard InChI is InChI=1S/C13H11N3O3/c17-13(18)11-4-9(10-6-15(19)2-1-14-10)12-8-3-7(8)5-16(11)12/h1-2,4,6-8H,3,5H2,(H,17,18). The Bertz CT molecular complexity index is 707. The maximum absolute atomic E-state index is 11.3. The molecule has 3 heterocycles. The first-order valence-corrected chi connectivity index (χ1v) is 6.17. The van der Waals surface area contributed by atoms with Crippen LogP contribution in [0.1, 0.15) is 28.5 Å². The molecule has 6 nitrogen and oxygen atoms in total. The molecule has 0 spiro atoms. The minimum absolute atomic E-state index is 0.292. The zero-order valence-corrected chi connectivity index (χ0v) is 9.98. The fourth-order valence-corrected chi connectivity index (χ4v) is 3.08. The number of carbonyl (C=O) groups is 1. The Morgan fingerprint density at radius 1 is 1.58 bits per heavy atom. The molecule has 1 aliphatic carbocycles. The van der Waals surface area contributed by atoms with Gasteiger partial charge in [-0.2, -0.15) is 4.73 Å². The van der Waals surface area contributed by atoms with E-state index < -0.39 is 5.97 Å². The molecule has 2 aliphatic rings. The summed E-state index contributed by atoms with van der Waals surface area (Å²) >= 11 is 0. The second kappa shape index (κ2) is 3.34. The van der Waals surface area contributed by atoms with Crippen LogP contribution < -0.4 is 4.73 Å². The fourth-order valence-electron chi connectivity index (χ4n) is 3.08. The molecule has 0 amide bonds. The van der Waals surface area contributed by atoms with Crippen molar-refractivity contribution < 1.29 is 14.6 Å². The van der Waals surface area contributed by atoms with E-state index in [4.69, 9.17) is 0 Å². The third-order valence-electron chi connectivity index (χ3n) is 4.00. The van der Waals surface area contributed by atoms with Gasteiger partial charge in [0, 0.05) is 23.7 Å². The van der Waals surface area contributed by atoms with E-state index in [0.29, 0.717) is 28.0 Å². The van der Waals surface area contributed by atoms with Crippen molar-refractivity contribution in [2.45, 2.75) is 18.9 Å². The number of fused-ring (bicyclic) bond motifs is 3. The molecular weight excluding hydrogens is 246 g/mol. The first-order chi connectivity index (χ1) is 9.15. The normalized spacial score (nSPS) is 22.9. The number of nitrogens with zero attached hydrogens (tertiary/aromatic N) is 3. The van der Waals surface area contributed by atoms with Gasteiger partial charge in [-0.1, -0.05) is 0 Å². The Balaban J connectivity index is 1.94. The third-order valence-corrected chi connectivity index (χ3v) is 4.00. The molecule has 2 aromatic rings. The molecule has 1 saturated carbocycles. The van der Waals surface area contributed by atoms with E-state index in [1.54, 1.807) is 6.07 Å². The van der Waals surface area contributed by atoms with Crippen LogP contribution in [0.3, 0.4) is 0 Å². The Labute approximate surface area is 108 Å².